The predicted molar refractivity (Wildman–Crippen MR) is 105 cm³/mol. The van der Waals surface area contributed by atoms with Crippen molar-refractivity contribution in [1.29, 1.82) is 0 Å². The van der Waals surface area contributed by atoms with Gasteiger partial charge in [0.15, 0.2) is 0 Å². The Morgan fingerprint density at radius 1 is 1.14 bits per heavy atom. The molecule has 5 aliphatic carbocycles. The number of methoxy groups -OCH3 is 2. The summed E-state index contributed by atoms with van der Waals surface area (Å²) in [5, 5.41) is 23.6. The largest absolute Gasteiger partial charge is 0.392 e. The van der Waals surface area contributed by atoms with E-state index in [4.69, 9.17) is 9.47 Å². The van der Waals surface area contributed by atoms with Crippen molar-refractivity contribution in [2.24, 2.45) is 40.4 Å². The molecule has 0 radical (unpaired) electrons. The van der Waals surface area contributed by atoms with Gasteiger partial charge in [-0.05, 0) is 49.5 Å². The molecule has 0 aromatic rings. The molecule has 6 rings (SSSR count). The zero-order valence-electron chi connectivity index (χ0n) is 17.8. The molecule has 1 saturated heterocycles. The van der Waals surface area contributed by atoms with E-state index >= 15 is 0 Å². The molecule has 5 heteroatoms. The van der Waals surface area contributed by atoms with E-state index in [9.17, 15) is 10.2 Å². The van der Waals surface area contributed by atoms with Gasteiger partial charge in [0.1, 0.15) is 0 Å². The number of aliphatic hydroxyl groups is 2. The third kappa shape index (κ3) is 1.73. The Hall–Kier alpha value is -0.200. The van der Waals surface area contributed by atoms with Gasteiger partial charge in [-0.15, -0.1) is 0 Å². The summed E-state index contributed by atoms with van der Waals surface area (Å²) in [7, 11) is 3.66. The molecule has 5 nitrogen and oxygen atoms in total. The number of piperidine rings is 1. The molecule has 6 fully saturated rings. The number of hydrogen-bond donors (Lipinski definition) is 2. The van der Waals surface area contributed by atoms with Crippen LogP contribution in [0.2, 0.25) is 0 Å². The number of hydrogen-bond acceptors (Lipinski definition) is 5. The van der Waals surface area contributed by atoms with Gasteiger partial charge in [-0.2, -0.15) is 0 Å². The van der Waals surface area contributed by atoms with Crippen LogP contribution in [0.1, 0.15) is 46.0 Å². The lowest BCUT2D eigenvalue weighted by molar-refractivity contribution is -0.270. The summed E-state index contributed by atoms with van der Waals surface area (Å²) >= 11 is 0. The second kappa shape index (κ2) is 5.53. The highest BCUT2D eigenvalue weighted by molar-refractivity contribution is 5.32. The number of nitrogens with zero attached hydrogens (tertiary/aromatic N) is 1. The van der Waals surface area contributed by atoms with Crippen molar-refractivity contribution in [3.63, 3.8) is 0 Å². The average Bonchev–Trinajstić information content (AvgIpc) is 3.10. The van der Waals surface area contributed by atoms with Crippen LogP contribution in [-0.2, 0) is 9.47 Å². The van der Waals surface area contributed by atoms with Gasteiger partial charge in [-0.25, -0.2) is 0 Å². The molecule has 1 aliphatic heterocycles. The van der Waals surface area contributed by atoms with Crippen LogP contribution in [0.15, 0.2) is 0 Å². The summed E-state index contributed by atoms with van der Waals surface area (Å²) in [6, 6.07) is 0.383. The summed E-state index contributed by atoms with van der Waals surface area (Å²) in [4.78, 5) is 2.70. The maximum absolute atomic E-state index is 12.3. The number of fused-ring (bicyclic) bond motifs is 2. The molecular weight excluding hydrogens is 354 g/mol. The van der Waals surface area contributed by atoms with Gasteiger partial charge in [0.25, 0.3) is 0 Å². The van der Waals surface area contributed by atoms with Crippen LogP contribution in [0, 0.1) is 40.4 Å². The first-order valence-electron chi connectivity index (χ1n) is 11.6. The van der Waals surface area contributed by atoms with Crippen molar-refractivity contribution in [3.8, 4) is 0 Å². The minimum absolute atomic E-state index is 0.00745. The number of rotatable bonds is 3. The Morgan fingerprint density at radius 2 is 1.93 bits per heavy atom. The Labute approximate surface area is 168 Å². The molecule has 0 aromatic carbocycles. The van der Waals surface area contributed by atoms with E-state index in [1.807, 2.05) is 7.11 Å². The van der Waals surface area contributed by atoms with Crippen molar-refractivity contribution in [2.75, 3.05) is 27.3 Å². The fourth-order valence-corrected chi connectivity index (χ4v) is 10.4. The average molecular weight is 392 g/mol. The summed E-state index contributed by atoms with van der Waals surface area (Å²) < 4.78 is 12.1. The predicted octanol–water partition coefficient (Wildman–Crippen LogP) is 1.90. The fourth-order valence-electron chi connectivity index (χ4n) is 10.4. The second-order valence-electron chi connectivity index (χ2n) is 11.3. The lowest BCUT2D eigenvalue weighted by Crippen LogP contribution is -2.75. The molecule has 6 aliphatic rings. The van der Waals surface area contributed by atoms with Gasteiger partial charge >= 0.3 is 0 Å². The van der Waals surface area contributed by atoms with Crippen molar-refractivity contribution >= 4 is 0 Å². The lowest BCUT2D eigenvalue weighted by atomic mass is 9.43. The van der Waals surface area contributed by atoms with Crippen LogP contribution in [0.3, 0.4) is 0 Å². The highest BCUT2D eigenvalue weighted by atomic mass is 16.5. The Kier molecular flexibility index (Phi) is 3.67. The zero-order valence-corrected chi connectivity index (χ0v) is 17.8. The maximum Gasteiger partial charge on any atom is 0.0771 e. The van der Waals surface area contributed by atoms with Crippen LogP contribution in [0.4, 0.5) is 0 Å². The zero-order chi connectivity index (χ0) is 19.6. The molecular formula is C23H37NO4. The summed E-state index contributed by atoms with van der Waals surface area (Å²) in [5.74, 6) is 1.32. The summed E-state index contributed by atoms with van der Waals surface area (Å²) in [6.45, 7) is 6.98. The molecule has 12 unspecified atom stereocenters. The first kappa shape index (κ1) is 18.6. The highest BCUT2D eigenvalue weighted by Crippen LogP contribution is 2.78. The molecule has 0 aromatic heterocycles. The molecule has 2 N–H and O–H groups in total. The number of ether oxygens (including phenoxy) is 2. The van der Waals surface area contributed by atoms with E-state index < -0.39 is 11.7 Å². The fraction of sp³-hybridized carbons (Fsp3) is 1.00. The molecule has 1 spiro atoms. The molecule has 1 heterocycles. The van der Waals surface area contributed by atoms with Gasteiger partial charge < -0.3 is 19.7 Å². The first-order chi connectivity index (χ1) is 13.4. The van der Waals surface area contributed by atoms with Gasteiger partial charge in [-0.3, -0.25) is 4.90 Å². The van der Waals surface area contributed by atoms with E-state index in [1.165, 1.54) is 6.42 Å². The molecule has 28 heavy (non-hydrogen) atoms. The molecule has 158 valence electrons. The highest BCUT2D eigenvalue weighted by Gasteiger charge is 2.83. The topological polar surface area (TPSA) is 62.2 Å². The van der Waals surface area contributed by atoms with Crippen LogP contribution < -0.4 is 0 Å². The number of aliphatic hydroxyl groups excluding tert-OH is 1. The van der Waals surface area contributed by atoms with Crippen LogP contribution in [-0.4, -0.2) is 72.4 Å². The van der Waals surface area contributed by atoms with Crippen molar-refractivity contribution in [2.45, 2.75) is 75.9 Å². The van der Waals surface area contributed by atoms with Crippen LogP contribution in [0.5, 0.6) is 0 Å². The minimum atomic E-state index is -0.804. The third-order valence-electron chi connectivity index (χ3n) is 10.9. The van der Waals surface area contributed by atoms with Gasteiger partial charge in [0, 0.05) is 56.4 Å². The van der Waals surface area contributed by atoms with Gasteiger partial charge in [-0.1, -0.05) is 13.8 Å². The quantitative estimate of drug-likeness (QED) is 0.770. The van der Waals surface area contributed by atoms with Crippen molar-refractivity contribution in [1.82, 2.24) is 4.90 Å². The minimum Gasteiger partial charge on any atom is -0.392 e. The monoisotopic (exact) mass is 391 g/mol. The van der Waals surface area contributed by atoms with E-state index in [0.717, 1.165) is 32.4 Å². The van der Waals surface area contributed by atoms with Gasteiger partial charge in [0.05, 0.1) is 23.9 Å². The Balaban J connectivity index is 1.59. The molecule has 12 atom stereocenters. The first-order valence-corrected chi connectivity index (χ1v) is 11.6. The summed E-state index contributed by atoms with van der Waals surface area (Å²) in [5.41, 5.74) is -0.424. The Morgan fingerprint density at radius 3 is 2.61 bits per heavy atom. The Bertz CT molecular complexity index is 688. The van der Waals surface area contributed by atoms with Crippen LogP contribution in [0.25, 0.3) is 0 Å². The normalized spacial score (nSPS) is 64.3. The molecule has 7 bridgehead atoms. The third-order valence-corrected chi connectivity index (χ3v) is 10.9. The second-order valence-corrected chi connectivity index (χ2v) is 11.3. The molecule has 0 amide bonds. The maximum atomic E-state index is 12.3. The van der Waals surface area contributed by atoms with E-state index in [-0.39, 0.29) is 35.4 Å². The van der Waals surface area contributed by atoms with Crippen molar-refractivity contribution < 1.29 is 19.7 Å². The standard InChI is InChI=1S/C23H37NO4/c1-5-24-11-21(2)7-6-17(28-4)23-13-8-12-15(27-3)10-22(26,18(13)19(12)25)14(20(23)24)9-16(21)23/h12-20,25-26H,5-11H2,1-4H3. The van der Waals surface area contributed by atoms with E-state index in [2.05, 4.69) is 18.7 Å². The van der Waals surface area contributed by atoms with Crippen molar-refractivity contribution in [3.05, 3.63) is 0 Å². The lowest BCUT2D eigenvalue weighted by Gasteiger charge is -2.69. The smallest absolute Gasteiger partial charge is 0.0771 e. The van der Waals surface area contributed by atoms with Gasteiger partial charge in [0.2, 0.25) is 0 Å². The van der Waals surface area contributed by atoms with Crippen LogP contribution >= 0.6 is 0 Å². The molecule has 5 saturated carbocycles. The van der Waals surface area contributed by atoms with E-state index in [1.54, 1.807) is 7.11 Å². The number of likely N-dealkylation sites (tertiary alicyclic amines) is 1. The SMILES string of the molecule is CCN1CC2(C)CCC(OC)C34C5CC6C(OC)CC(O)(C(CC23)C14)C5C6O. The summed E-state index contributed by atoms with van der Waals surface area (Å²) in [6.07, 6.45) is 4.90. The van der Waals surface area contributed by atoms with E-state index in [0.29, 0.717) is 29.7 Å².